The Labute approximate surface area is 109 Å². The maximum atomic E-state index is 6.32. The highest BCUT2D eigenvalue weighted by Crippen LogP contribution is 2.43. The molecule has 0 amide bonds. The fraction of sp³-hybridized carbons (Fsp3) is 0.417. The molecule has 90 valence electrons. The molecule has 0 radical (unpaired) electrons. The van der Waals surface area contributed by atoms with E-state index in [9.17, 15) is 0 Å². The average molecular weight is 268 g/mol. The van der Waals surface area contributed by atoms with E-state index in [4.69, 9.17) is 17.3 Å². The van der Waals surface area contributed by atoms with Gasteiger partial charge in [0.1, 0.15) is 5.82 Å². The third-order valence-corrected chi connectivity index (χ3v) is 4.48. The zero-order chi connectivity index (χ0) is 12.0. The first-order valence-corrected chi connectivity index (χ1v) is 6.92. The highest BCUT2D eigenvalue weighted by molar-refractivity contribution is 7.14. The maximum Gasteiger partial charge on any atom is 0.126 e. The topological polar surface area (TPSA) is 54.7 Å². The predicted molar refractivity (Wildman–Crippen MR) is 71.2 cm³/mol. The molecule has 1 atom stereocenters. The Morgan fingerprint density at radius 1 is 1.59 bits per heavy atom. The van der Waals surface area contributed by atoms with Gasteiger partial charge in [-0.1, -0.05) is 11.6 Å². The molecule has 0 aliphatic heterocycles. The first kappa shape index (κ1) is 11.3. The van der Waals surface area contributed by atoms with Gasteiger partial charge < -0.3 is 10.7 Å². The molecular formula is C12H14ClN3S. The SMILES string of the molecule is CC(N)(c1ncc(-c2csc(Cl)c2)[nH]1)C1CC1. The number of thiophene rings is 1. The third kappa shape index (κ3) is 2.01. The van der Waals surface area contributed by atoms with Gasteiger partial charge in [0, 0.05) is 10.9 Å². The number of aromatic nitrogens is 2. The van der Waals surface area contributed by atoms with Crippen LogP contribution in [0.15, 0.2) is 17.6 Å². The highest BCUT2D eigenvalue weighted by atomic mass is 35.5. The monoisotopic (exact) mass is 267 g/mol. The zero-order valence-electron chi connectivity index (χ0n) is 9.53. The van der Waals surface area contributed by atoms with Gasteiger partial charge in [0.2, 0.25) is 0 Å². The van der Waals surface area contributed by atoms with Crippen molar-refractivity contribution in [2.75, 3.05) is 0 Å². The Bertz CT molecular complexity index is 539. The zero-order valence-corrected chi connectivity index (χ0v) is 11.1. The van der Waals surface area contributed by atoms with Crippen LogP contribution >= 0.6 is 22.9 Å². The molecular weight excluding hydrogens is 254 g/mol. The van der Waals surface area contributed by atoms with Gasteiger partial charge in [-0.15, -0.1) is 11.3 Å². The molecule has 0 aromatic carbocycles. The number of nitrogens with two attached hydrogens (primary N) is 1. The van der Waals surface area contributed by atoms with E-state index < -0.39 is 0 Å². The Morgan fingerprint density at radius 2 is 2.35 bits per heavy atom. The second kappa shape index (κ2) is 3.83. The van der Waals surface area contributed by atoms with Crippen molar-refractivity contribution < 1.29 is 0 Å². The van der Waals surface area contributed by atoms with Gasteiger partial charge in [0.05, 0.1) is 21.8 Å². The predicted octanol–water partition coefficient (Wildman–Crippen LogP) is 3.38. The lowest BCUT2D eigenvalue weighted by Gasteiger charge is -2.21. The Morgan fingerprint density at radius 3 is 2.94 bits per heavy atom. The van der Waals surface area contributed by atoms with E-state index >= 15 is 0 Å². The average Bonchev–Trinajstić information content (AvgIpc) is 2.87. The van der Waals surface area contributed by atoms with Gasteiger partial charge in [0.25, 0.3) is 0 Å². The van der Waals surface area contributed by atoms with E-state index in [1.54, 1.807) is 0 Å². The molecule has 2 aromatic heterocycles. The molecule has 1 aliphatic carbocycles. The smallest absolute Gasteiger partial charge is 0.126 e. The summed E-state index contributed by atoms with van der Waals surface area (Å²) >= 11 is 7.45. The summed E-state index contributed by atoms with van der Waals surface area (Å²) in [5, 5.41) is 2.02. The van der Waals surface area contributed by atoms with E-state index in [2.05, 4.69) is 9.97 Å². The van der Waals surface area contributed by atoms with Crippen LogP contribution in [-0.4, -0.2) is 9.97 Å². The molecule has 2 aromatic rings. The third-order valence-electron chi connectivity index (χ3n) is 3.39. The Hall–Kier alpha value is -0.840. The van der Waals surface area contributed by atoms with Gasteiger partial charge in [-0.25, -0.2) is 4.98 Å². The van der Waals surface area contributed by atoms with Crippen LogP contribution in [0.3, 0.4) is 0 Å². The van der Waals surface area contributed by atoms with Crippen molar-refractivity contribution in [2.45, 2.75) is 25.3 Å². The van der Waals surface area contributed by atoms with Crippen molar-refractivity contribution in [3.8, 4) is 11.3 Å². The van der Waals surface area contributed by atoms with Gasteiger partial charge in [-0.05, 0) is 31.7 Å². The second-order valence-corrected chi connectivity index (χ2v) is 6.38. The van der Waals surface area contributed by atoms with Crippen molar-refractivity contribution in [2.24, 2.45) is 11.7 Å². The summed E-state index contributed by atoms with van der Waals surface area (Å²) in [4.78, 5) is 7.73. The number of hydrogen-bond acceptors (Lipinski definition) is 3. The molecule has 3 rings (SSSR count). The number of nitrogens with zero attached hydrogens (tertiary/aromatic N) is 1. The molecule has 5 heteroatoms. The second-order valence-electron chi connectivity index (χ2n) is 4.84. The summed E-state index contributed by atoms with van der Waals surface area (Å²) in [6, 6.07) is 1.94. The van der Waals surface area contributed by atoms with E-state index in [0.29, 0.717) is 5.92 Å². The molecule has 0 bridgehead atoms. The number of halogens is 1. The van der Waals surface area contributed by atoms with Gasteiger partial charge in [-0.3, -0.25) is 0 Å². The number of imidazole rings is 1. The number of aromatic amines is 1. The summed E-state index contributed by atoms with van der Waals surface area (Å²) in [6.45, 7) is 2.05. The summed E-state index contributed by atoms with van der Waals surface area (Å²) < 4.78 is 0.786. The maximum absolute atomic E-state index is 6.32. The van der Waals surface area contributed by atoms with Crippen LogP contribution in [0.1, 0.15) is 25.6 Å². The van der Waals surface area contributed by atoms with Crippen LogP contribution in [-0.2, 0) is 5.54 Å². The van der Waals surface area contributed by atoms with Crippen LogP contribution in [0.5, 0.6) is 0 Å². The summed E-state index contributed by atoms with van der Waals surface area (Å²) in [5.74, 6) is 1.44. The number of nitrogens with one attached hydrogen (secondary N) is 1. The standard InChI is InChI=1S/C12H14ClN3S/c1-12(14,8-2-3-8)11-15-5-9(16-11)7-4-10(13)17-6-7/h4-6,8H,2-3,14H2,1H3,(H,15,16). The van der Waals surface area contributed by atoms with Crippen LogP contribution in [0.2, 0.25) is 4.34 Å². The van der Waals surface area contributed by atoms with E-state index in [0.717, 1.165) is 21.4 Å². The van der Waals surface area contributed by atoms with E-state index in [-0.39, 0.29) is 5.54 Å². The molecule has 1 fully saturated rings. The lowest BCUT2D eigenvalue weighted by atomic mass is 9.97. The fourth-order valence-corrected chi connectivity index (χ4v) is 2.95. The lowest BCUT2D eigenvalue weighted by Crippen LogP contribution is -2.36. The van der Waals surface area contributed by atoms with Gasteiger partial charge >= 0.3 is 0 Å². The van der Waals surface area contributed by atoms with Crippen LogP contribution in [0.4, 0.5) is 0 Å². The van der Waals surface area contributed by atoms with Crippen molar-refractivity contribution in [3.05, 3.63) is 27.8 Å². The summed E-state index contributed by atoms with van der Waals surface area (Å²) in [6.07, 6.45) is 4.24. The largest absolute Gasteiger partial charge is 0.340 e. The number of rotatable bonds is 3. The van der Waals surface area contributed by atoms with Crippen LogP contribution in [0.25, 0.3) is 11.3 Å². The molecule has 1 unspecified atom stereocenters. The van der Waals surface area contributed by atoms with Crippen molar-refractivity contribution >= 4 is 22.9 Å². The number of H-pyrrole nitrogens is 1. The highest BCUT2D eigenvalue weighted by Gasteiger charge is 2.41. The summed E-state index contributed by atoms with van der Waals surface area (Å²) in [5.41, 5.74) is 8.05. The Kier molecular flexibility index (Phi) is 2.54. The first-order valence-electron chi connectivity index (χ1n) is 5.66. The molecule has 17 heavy (non-hydrogen) atoms. The molecule has 1 saturated carbocycles. The van der Waals surface area contributed by atoms with E-state index in [1.807, 2.05) is 24.6 Å². The minimum atomic E-state index is -0.335. The molecule has 2 heterocycles. The quantitative estimate of drug-likeness (QED) is 0.896. The minimum Gasteiger partial charge on any atom is -0.340 e. The summed E-state index contributed by atoms with van der Waals surface area (Å²) in [7, 11) is 0. The normalized spacial score (nSPS) is 19.2. The molecule has 3 N–H and O–H groups in total. The Balaban J connectivity index is 1.92. The lowest BCUT2D eigenvalue weighted by molar-refractivity contribution is 0.404. The van der Waals surface area contributed by atoms with Crippen LogP contribution < -0.4 is 5.73 Å². The van der Waals surface area contributed by atoms with Gasteiger partial charge in [0.15, 0.2) is 0 Å². The fourth-order valence-electron chi connectivity index (χ4n) is 2.07. The number of hydrogen-bond donors (Lipinski definition) is 2. The minimum absolute atomic E-state index is 0.335. The first-order chi connectivity index (χ1) is 8.07. The van der Waals surface area contributed by atoms with Crippen LogP contribution in [0, 0.1) is 5.92 Å². The van der Waals surface area contributed by atoms with E-state index in [1.165, 1.54) is 24.2 Å². The molecule has 0 saturated heterocycles. The van der Waals surface area contributed by atoms with Gasteiger partial charge in [-0.2, -0.15) is 0 Å². The molecule has 1 aliphatic rings. The van der Waals surface area contributed by atoms with Crippen molar-refractivity contribution in [1.29, 1.82) is 0 Å². The molecule has 3 nitrogen and oxygen atoms in total. The van der Waals surface area contributed by atoms with Crippen molar-refractivity contribution in [1.82, 2.24) is 9.97 Å². The van der Waals surface area contributed by atoms with Crippen molar-refractivity contribution in [3.63, 3.8) is 0 Å². The molecule has 0 spiro atoms.